The lowest BCUT2D eigenvalue weighted by Crippen LogP contribution is -2.49. The van der Waals surface area contributed by atoms with E-state index >= 15 is 0 Å². The lowest BCUT2D eigenvalue weighted by molar-refractivity contribution is -0.0503. The van der Waals surface area contributed by atoms with Crippen molar-refractivity contribution < 1.29 is 18.3 Å². The fourth-order valence-electron chi connectivity index (χ4n) is 2.50. The van der Waals surface area contributed by atoms with Gasteiger partial charge in [0.25, 0.3) is 5.91 Å². The Kier molecular flexibility index (Phi) is 5.49. The first-order chi connectivity index (χ1) is 10.5. The maximum absolute atomic E-state index is 12.5. The van der Waals surface area contributed by atoms with Crippen LogP contribution in [0.25, 0.3) is 0 Å². The van der Waals surface area contributed by atoms with Gasteiger partial charge in [-0.3, -0.25) is 9.69 Å². The lowest BCUT2D eigenvalue weighted by Gasteiger charge is -2.35. The molecule has 0 aromatic heterocycles. The van der Waals surface area contributed by atoms with E-state index < -0.39 is 6.61 Å². The van der Waals surface area contributed by atoms with Gasteiger partial charge < -0.3 is 9.64 Å². The third kappa shape index (κ3) is 4.27. The molecule has 0 aliphatic carbocycles. The van der Waals surface area contributed by atoms with E-state index in [9.17, 15) is 13.6 Å². The first-order valence-corrected chi connectivity index (χ1v) is 7.17. The fraction of sp³-hybridized carbons (Fsp3) is 0.438. The third-order valence-corrected chi connectivity index (χ3v) is 3.49. The summed E-state index contributed by atoms with van der Waals surface area (Å²) in [7, 11) is 0. The Labute approximate surface area is 129 Å². The quantitative estimate of drug-likeness (QED) is 0.784. The van der Waals surface area contributed by atoms with E-state index in [1.807, 2.05) is 6.92 Å². The number of hydrogen-bond donors (Lipinski definition) is 0. The zero-order valence-electron chi connectivity index (χ0n) is 12.6. The van der Waals surface area contributed by atoms with Crippen molar-refractivity contribution in [1.82, 2.24) is 9.80 Å². The van der Waals surface area contributed by atoms with Gasteiger partial charge in [-0.15, -0.1) is 0 Å². The van der Waals surface area contributed by atoms with E-state index in [1.165, 1.54) is 12.1 Å². The number of rotatable bonds is 5. The van der Waals surface area contributed by atoms with Crippen molar-refractivity contribution in [2.24, 2.45) is 0 Å². The van der Waals surface area contributed by atoms with Gasteiger partial charge in [0.1, 0.15) is 5.75 Å². The molecule has 22 heavy (non-hydrogen) atoms. The molecule has 1 aromatic carbocycles. The molecule has 1 aliphatic rings. The summed E-state index contributed by atoms with van der Waals surface area (Å²) in [6, 6.07) is 6.11. The SMILES string of the molecule is C=C(C)CN1CCN(C(=O)c2ccccc2OC(F)F)CC1. The van der Waals surface area contributed by atoms with Crippen molar-refractivity contribution in [2.75, 3.05) is 32.7 Å². The normalized spacial score (nSPS) is 15.9. The van der Waals surface area contributed by atoms with E-state index in [0.717, 1.165) is 25.2 Å². The van der Waals surface area contributed by atoms with Crippen molar-refractivity contribution in [3.05, 3.63) is 42.0 Å². The zero-order chi connectivity index (χ0) is 16.1. The molecule has 1 fully saturated rings. The van der Waals surface area contributed by atoms with Crippen LogP contribution in [-0.2, 0) is 0 Å². The molecule has 1 amide bonds. The highest BCUT2D eigenvalue weighted by molar-refractivity contribution is 5.97. The maximum atomic E-state index is 12.5. The van der Waals surface area contributed by atoms with Gasteiger partial charge in [-0.2, -0.15) is 8.78 Å². The Balaban J connectivity index is 2.02. The predicted molar refractivity (Wildman–Crippen MR) is 80.2 cm³/mol. The standard InChI is InChI=1S/C16H20F2N2O2/c1-12(2)11-19-7-9-20(10-8-19)15(21)13-5-3-4-6-14(13)22-16(17)18/h3-6,16H,1,7-11H2,2H3. The molecule has 0 bridgehead atoms. The van der Waals surface area contributed by atoms with Gasteiger partial charge in [0.15, 0.2) is 0 Å². The van der Waals surface area contributed by atoms with Crippen LogP contribution >= 0.6 is 0 Å². The molecule has 0 saturated carbocycles. The minimum atomic E-state index is -2.94. The van der Waals surface area contributed by atoms with Gasteiger partial charge in [0.2, 0.25) is 0 Å². The van der Waals surface area contributed by atoms with Crippen molar-refractivity contribution in [2.45, 2.75) is 13.5 Å². The molecular weight excluding hydrogens is 290 g/mol. The molecule has 0 atom stereocenters. The van der Waals surface area contributed by atoms with Crippen molar-refractivity contribution in [3.63, 3.8) is 0 Å². The van der Waals surface area contributed by atoms with Crippen LogP contribution in [0.2, 0.25) is 0 Å². The molecule has 4 nitrogen and oxygen atoms in total. The number of ether oxygens (including phenoxy) is 1. The molecule has 120 valence electrons. The van der Waals surface area contributed by atoms with Crippen LogP contribution in [0.1, 0.15) is 17.3 Å². The average molecular weight is 310 g/mol. The smallest absolute Gasteiger partial charge is 0.387 e. The summed E-state index contributed by atoms with van der Waals surface area (Å²) >= 11 is 0. The molecule has 2 rings (SSSR count). The summed E-state index contributed by atoms with van der Waals surface area (Å²) in [4.78, 5) is 16.4. The van der Waals surface area contributed by atoms with Crippen LogP contribution in [0, 0.1) is 0 Å². The number of halogens is 2. The molecule has 0 spiro atoms. The van der Waals surface area contributed by atoms with Crippen molar-refractivity contribution >= 4 is 5.91 Å². The topological polar surface area (TPSA) is 32.8 Å². The molecular formula is C16H20F2N2O2. The van der Waals surface area contributed by atoms with Gasteiger partial charge in [-0.05, 0) is 19.1 Å². The number of carbonyl (C=O) groups excluding carboxylic acids is 1. The molecule has 1 saturated heterocycles. The number of amides is 1. The third-order valence-electron chi connectivity index (χ3n) is 3.49. The summed E-state index contributed by atoms with van der Waals surface area (Å²) in [6.07, 6.45) is 0. The number of para-hydroxylation sites is 1. The van der Waals surface area contributed by atoms with Crippen LogP contribution in [0.15, 0.2) is 36.4 Å². The largest absolute Gasteiger partial charge is 0.434 e. The number of hydrogen-bond acceptors (Lipinski definition) is 3. The van der Waals surface area contributed by atoms with Crippen molar-refractivity contribution in [3.8, 4) is 5.75 Å². The summed E-state index contributed by atoms with van der Waals surface area (Å²) < 4.78 is 29.3. The van der Waals surface area contributed by atoms with E-state index in [0.29, 0.717) is 13.1 Å². The molecule has 0 N–H and O–H groups in total. The molecule has 6 heteroatoms. The first kappa shape index (κ1) is 16.4. The van der Waals surface area contributed by atoms with Gasteiger partial charge in [-0.25, -0.2) is 0 Å². The minimum Gasteiger partial charge on any atom is -0.434 e. The Morgan fingerprint density at radius 2 is 1.91 bits per heavy atom. The van der Waals surface area contributed by atoms with Crippen LogP contribution in [-0.4, -0.2) is 55.0 Å². The zero-order valence-corrected chi connectivity index (χ0v) is 12.6. The Morgan fingerprint density at radius 3 is 2.50 bits per heavy atom. The molecule has 1 aliphatic heterocycles. The van der Waals surface area contributed by atoms with Crippen LogP contribution in [0.5, 0.6) is 5.75 Å². The van der Waals surface area contributed by atoms with Gasteiger partial charge in [-0.1, -0.05) is 24.3 Å². The minimum absolute atomic E-state index is 0.0770. The van der Waals surface area contributed by atoms with Crippen molar-refractivity contribution in [1.29, 1.82) is 0 Å². The monoisotopic (exact) mass is 310 g/mol. The second-order valence-corrected chi connectivity index (χ2v) is 5.40. The highest BCUT2D eigenvalue weighted by Gasteiger charge is 2.24. The van der Waals surface area contributed by atoms with Gasteiger partial charge >= 0.3 is 6.61 Å². The van der Waals surface area contributed by atoms with E-state index in [2.05, 4.69) is 16.2 Å². The van der Waals surface area contributed by atoms with E-state index in [1.54, 1.807) is 17.0 Å². The highest BCUT2D eigenvalue weighted by atomic mass is 19.3. The summed E-state index contributed by atoms with van der Waals surface area (Å²) in [5.74, 6) is -0.349. The lowest BCUT2D eigenvalue weighted by atomic mass is 10.1. The summed E-state index contributed by atoms with van der Waals surface area (Å²) in [6.45, 7) is 6.34. The van der Waals surface area contributed by atoms with Gasteiger partial charge in [0, 0.05) is 32.7 Å². The second-order valence-electron chi connectivity index (χ2n) is 5.40. The fourth-order valence-corrected chi connectivity index (χ4v) is 2.50. The first-order valence-electron chi connectivity index (χ1n) is 7.17. The Hall–Kier alpha value is -1.95. The molecule has 0 unspecified atom stereocenters. The number of carbonyl (C=O) groups is 1. The van der Waals surface area contributed by atoms with Crippen LogP contribution in [0.4, 0.5) is 8.78 Å². The van der Waals surface area contributed by atoms with Crippen LogP contribution in [0.3, 0.4) is 0 Å². The highest BCUT2D eigenvalue weighted by Crippen LogP contribution is 2.22. The number of benzene rings is 1. The maximum Gasteiger partial charge on any atom is 0.387 e. The predicted octanol–water partition coefficient (Wildman–Crippen LogP) is 2.62. The van der Waals surface area contributed by atoms with E-state index in [-0.39, 0.29) is 17.2 Å². The average Bonchev–Trinajstić information content (AvgIpc) is 2.47. The molecule has 1 aromatic rings. The number of nitrogens with zero attached hydrogens (tertiary/aromatic N) is 2. The number of alkyl halides is 2. The number of piperazine rings is 1. The van der Waals surface area contributed by atoms with E-state index in [4.69, 9.17) is 0 Å². The van der Waals surface area contributed by atoms with Gasteiger partial charge in [0.05, 0.1) is 5.56 Å². The van der Waals surface area contributed by atoms with Crippen LogP contribution < -0.4 is 4.74 Å². The Morgan fingerprint density at radius 1 is 1.27 bits per heavy atom. The molecule has 0 radical (unpaired) electrons. The second kappa shape index (κ2) is 7.35. The summed E-state index contributed by atoms with van der Waals surface area (Å²) in [5, 5.41) is 0. The summed E-state index contributed by atoms with van der Waals surface area (Å²) in [5.41, 5.74) is 1.26. The molecule has 1 heterocycles. The Bertz CT molecular complexity index is 541.